The van der Waals surface area contributed by atoms with E-state index in [2.05, 4.69) is 52.3 Å². The molecule has 0 aromatic heterocycles. The van der Waals surface area contributed by atoms with E-state index >= 15 is 0 Å². The van der Waals surface area contributed by atoms with E-state index in [4.69, 9.17) is 9.47 Å². The van der Waals surface area contributed by atoms with Gasteiger partial charge in [-0.05, 0) is 33.1 Å². The Morgan fingerprint density at radius 2 is 2.25 bits per heavy atom. The average Bonchev–Trinajstić information content (AvgIpc) is 3.10. The number of rotatable bonds is 3. The second-order valence-corrected chi connectivity index (χ2v) is 5.60. The Morgan fingerprint density at radius 1 is 1.44 bits per heavy atom. The van der Waals surface area contributed by atoms with Crippen LogP contribution in [-0.2, 0) is 15.9 Å². The Bertz CT molecular complexity index is 426. The highest BCUT2D eigenvalue weighted by atomic mass is 79.9. The molecule has 3 rings (SSSR count). The molecule has 3 heteroatoms. The molecule has 0 spiro atoms. The molecule has 0 radical (unpaired) electrons. The Hall–Kier alpha value is -0.640. The van der Waals surface area contributed by atoms with Crippen molar-refractivity contribution in [1.82, 2.24) is 0 Å². The van der Waals surface area contributed by atoms with E-state index in [0.717, 1.165) is 13.0 Å². The van der Waals surface area contributed by atoms with Crippen molar-refractivity contribution in [2.24, 2.45) is 0 Å². The third kappa shape index (κ3) is 2.21. The average molecular weight is 281 g/mol. The Morgan fingerprint density at radius 3 is 3.06 bits per heavy atom. The summed E-state index contributed by atoms with van der Waals surface area (Å²) in [6, 6.07) is 8.40. The van der Waals surface area contributed by atoms with Gasteiger partial charge in [0.1, 0.15) is 10.6 Å². The third-order valence-corrected chi connectivity index (χ3v) is 3.68. The van der Waals surface area contributed by atoms with Crippen LogP contribution < -0.4 is 0 Å². The zero-order chi connectivity index (χ0) is 11.0. The molecular formula is C13H13BrO2. The van der Waals surface area contributed by atoms with Crippen LogP contribution in [0.1, 0.15) is 11.1 Å². The number of halogens is 1. The van der Waals surface area contributed by atoms with Crippen molar-refractivity contribution in [1.29, 1.82) is 0 Å². The van der Waals surface area contributed by atoms with Gasteiger partial charge >= 0.3 is 0 Å². The first-order valence-electron chi connectivity index (χ1n) is 5.47. The predicted octanol–water partition coefficient (Wildman–Crippen LogP) is 2.76. The van der Waals surface area contributed by atoms with Crippen molar-refractivity contribution in [3.8, 4) is 0 Å². The molecule has 1 aromatic carbocycles. The van der Waals surface area contributed by atoms with Crippen molar-refractivity contribution in [2.45, 2.75) is 17.0 Å². The van der Waals surface area contributed by atoms with E-state index in [1.165, 1.54) is 11.1 Å². The smallest absolute Gasteiger partial charge is 0.145 e. The van der Waals surface area contributed by atoms with Crippen molar-refractivity contribution in [3.63, 3.8) is 0 Å². The van der Waals surface area contributed by atoms with Crippen LogP contribution >= 0.6 is 15.9 Å². The third-order valence-electron chi connectivity index (χ3n) is 2.91. The SMILES string of the molecule is BrC1(OCC2CO2)C=Cc2ccccc2C1. The number of ether oxygens (including phenoxy) is 2. The maximum absolute atomic E-state index is 5.86. The van der Waals surface area contributed by atoms with Crippen molar-refractivity contribution in [3.05, 3.63) is 41.5 Å². The van der Waals surface area contributed by atoms with E-state index in [0.29, 0.717) is 12.7 Å². The van der Waals surface area contributed by atoms with Gasteiger partial charge < -0.3 is 9.47 Å². The molecule has 1 saturated heterocycles. The molecule has 0 saturated carbocycles. The molecule has 0 amide bonds. The number of alkyl halides is 1. The summed E-state index contributed by atoms with van der Waals surface area (Å²) < 4.78 is 10.6. The van der Waals surface area contributed by atoms with Crippen molar-refractivity contribution < 1.29 is 9.47 Å². The topological polar surface area (TPSA) is 21.8 Å². The van der Waals surface area contributed by atoms with E-state index in [1.54, 1.807) is 0 Å². The van der Waals surface area contributed by atoms with Gasteiger partial charge in [0.15, 0.2) is 0 Å². The Kier molecular flexibility index (Phi) is 2.62. The number of fused-ring (bicyclic) bond motifs is 1. The van der Waals surface area contributed by atoms with Crippen LogP contribution in [0.5, 0.6) is 0 Å². The van der Waals surface area contributed by atoms with Gasteiger partial charge in [-0.1, -0.05) is 30.3 Å². The molecule has 0 bridgehead atoms. The number of hydrogen-bond donors (Lipinski definition) is 0. The lowest BCUT2D eigenvalue weighted by Gasteiger charge is -2.28. The molecule has 1 aromatic rings. The van der Waals surface area contributed by atoms with Gasteiger partial charge in [-0.25, -0.2) is 0 Å². The van der Waals surface area contributed by atoms with Gasteiger partial charge in [-0.2, -0.15) is 0 Å². The normalized spacial score (nSPS) is 31.2. The monoisotopic (exact) mass is 280 g/mol. The molecule has 2 aliphatic rings. The van der Waals surface area contributed by atoms with E-state index in [9.17, 15) is 0 Å². The maximum Gasteiger partial charge on any atom is 0.145 e. The fourth-order valence-corrected chi connectivity index (χ4v) is 2.45. The van der Waals surface area contributed by atoms with Crippen LogP contribution in [0.25, 0.3) is 6.08 Å². The van der Waals surface area contributed by atoms with Crippen LogP contribution in [0.15, 0.2) is 30.3 Å². The Balaban J connectivity index is 1.75. The van der Waals surface area contributed by atoms with Crippen LogP contribution in [0, 0.1) is 0 Å². The van der Waals surface area contributed by atoms with E-state index in [1.807, 2.05) is 0 Å². The van der Waals surface area contributed by atoms with Gasteiger partial charge in [-0.3, -0.25) is 0 Å². The molecule has 1 fully saturated rings. The van der Waals surface area contributed by atoms with Crippen molar-refractivity contribution >= 4 is 22.0 Å². The molecule has 1 aliphatic carbocycles. The summed E-state index contributed by atoms with van der Waals surface area (Å²) >= 11 is 3.66. The molecule has 2 nitrogen and oxygen atoms in total. The summed E-state index contributed by atoms with van der Waals surface area (Å²) in [4.78, 5) is 0. The summed E-state index contributed by atoms with van der Waals surface area (Å²) in [5.74, 6) is 0. The van der Waals surface area contributed by atoms with E-state index in [-0.39, 0.29) is 4.51 Å². The number of hydrogen-bond acceptors (Lipinski definition) is 2. The van der Waals surface area contributed by atoms with E-state index < -0.39 is 0 Å². The summed E-state index contributed by atoms with van der Waals surface area (Å²) in [5.41, 5.74) is 2.60. The minimum Gasteiger partial charge on any atom is -0.371 e. The first-order valence-corrected chi connectivity index (χ1v) is 6.26. The minimum atomic E-state index is -0.354. The summed E-state index contributed by atoms with van der Waals surface area (Å²) in [5, 5.41) is 0. The van der Waals surface area contributed by atoms with Gasteiger partial charge in [-0.15, -0.1) is 0 Å². The first-order chi connectivity index (χ1) is 7.75. The lowest BCUT2D eigenvalue weighted by atomic mass is 9.96. The van der Waals surface area contributed by atoms with Gasteiger partial charge in [0.25, 0.3) is 0 Å². The summed E-state index contributed by atoms with van der Waals surface area (Å²) in [7, 11) is 0. The molecule has 16 heavy (non-hydrogen) atoms. The van der Waals surface area contributed by atoms with Crippen LogP contribution in [0.2, 0.25) is 0 Å². The molecule has 1 aliphatic heterocycles. The highest BCUT2D eigenvalue weighted by Gasteiger charge is 2.32. The van der Waals surface area contributed by atoms with Crippen LogP contribution in [-0.4, -0.2) is 23.8 Å². The number of benzene rings is 1. The molecule has 2 unspecified atom stereocenters. The molecule has 1 heterocycles. The number of epoxide rings is 1. The standard InChI is InChI=1S/C13H13BrO2/c14-13(16-9-12-8-15-12)6-5-10-3-1-2-4-11(10)7-13/h1-6,12H,7-9H2. The fourth-order valence-electron chi connectivity index (χ4n) is 1.89. The molecular weight excluding hydrogens is 268 g/mol. The second kappa shape index (κ2) is 3.99. The maximum atomic E-state index is 5.86. The van der Waals surface area contributed by atoms with Crippen molar-refractivity contribution in [2.75, 3.05) is 13.2 Å². The predicted molar refractivity (Wildman–Crippen MR) is 66.5 cm³/mol. The van der Waals surface area contributed by atoms with Crippen LogP contribution in [0.3, 0.4) is 0 Å². The quantitative estimate of drug-likeness (QED) is 0.627. The van der Waals surface area contributed by atoms with Gasteiger partial charge in [0, 0.05) is 6.42 Å². The fraction of sp³-hybridized carbons (Fsp3) is 0.385. The van der Waals surface area contributed by atoms with Gasteiger partial charge in [0.2, 0.25) is 0 Å². The Labute approximate surface area is 103 Å². The summed E-state index contributed by atoms with van der Waals surface area (Å²) in [6.45, 7) is 1.50. The van der Waals surface area contributed by atoms with Gasteiger partial charge in [0.05, 0.1) is 13.2 Å². The lowest BCUT2D eigenvalue weighted by Crippen LogP contribution is -2.29. The zero-order valence-electron chi connectivity index (χ0n) is 8.86. The second-order valence-electron chi connectivity index (χ2n) is 4.26. The largest absolute Gasteiger partial charge is 0.371 e. The molecule has 84 valence electrons. The highest BCUT2D eigenvalue weighted by Crippen LogP contribution is 2.34. The highest BCUT2D eigenvalue weighted by molar-refractivity contribution is 9.10. The first kappa shape index (κ1) is 10.5. The molecule has 2 atom stereocenters. The minimum absolute atomic E-state index is 0.306. The zero-order valence-corrected chi connectivity index (χ0v) is 10.4. The van der Waals surface area contributed by atoms with Crippen LogP contribution in [0.4, 0.5) is 0 Å². The lowest BCUT2D eigenvalue weighted by molar-refractivity contribution is 0.0533. The molecule has 0 N–H and O–H groups in total. The summed E-state index contributed by atoms with van der Waals surface area (Å²) in [6.07, 6.45) is 5.37.